The van der Waals surface area contributed by atoms with Gasteiger partial charge in [0.25, 0.3) is 0 Å². The molecule has 2 aromatic carbocycles. The molecule has 1 aliphatic heterocycles. The number of methoxy groups -OCH3 is 3. The van der Waals surface area contributed by atoms with E-state index in [9.17, 15) is 9.90 Å². The van der Waals surface area contributed by atoms with Gasteiger partial charge in [-0.25, -0.2) is 0 Å². The standard InChI is InChI=1S/C24H26ClNO6/c1-26-8-7-14(17(26)12-27)22-20(30-3)11-21(31-4)23-18(28)10-19(32-24(22)23)15-9-13(29-2)5-6-16(15)25/h5-6,9-11,14,17,27H,7-8,12H2,1-4H3/t14-,17+/m1/s1. The normalized spacial score (nSPS) is 18.8. The van der Waals surface area contributed by atoms with Crippen molar-refractivity contribution in [2.75, 3.05) is 41.5 Å². The van der Waals surface area contributed by atoms with Gasteiger partial charge in [-0.3, -0.25) is 4.79 Å². The largest absolute Gasteiger partial charge is 0.497 e. The molecule has 0 aliphatic carbocycles. The summed E-state index contributed by atoms with van der Waals surface area (Å²) in [6.45, 7) is 0.779. The molecule has 0 spiro atoms. The molecule has 4 rings (SSSR count). The molecular formula is C24H26ClNO6. The lowest BCUT2D eigenvalue weighted by Gasteiger charge is -2.25. The van der Waals surface area contributed by atoms with Crippen LogP contribution >= 0.6 is 11.6 Å². The molecule has 1 fully saturated rings. The predicted molar refractivity (Wildman–Crippen MR) is 123 cm³/mol. The molecule has 1 N–H and O–H groups in total. The number of ether oxygens (including phenoxy) is 3. The molecule has 2 atom stereocenters. The summed E-state index contributed by atoms with van der Waals surface area (Å²) in [5.74, 6) is 1.73. The second-order valence-corrected chi connectivity index (χ2v) is 8.25. The fourth-order valence-corrected chi connectivity index (χ4v) is 4.75. The summed E-state index contributed by atoms with van der Waals surface area (Å²) in [4.78, 5) is 15.4. The minimum Gasteiger partial charge on any atom is -0.497 e. The number of hydrogen-bond donors (Lipinski definition) is 1. The van der Waals surface area contributed by atoms with Crippen LogP contribution in [0.1, 0.15) is 17.9 Å². The lowest BCUT2D eigenvalue weighted by Crippen LogP contribution is -2.32. The van der Waals surface area contributed by atoms with Gasteiger partial charge in [-0.15, -0.1) is 0 Å². The van der Waals surface area contributed by atoms with Gasteiger partial charge < -0.3 is 28.6 Å². The first kappa shape index (κ1) is 22.5. The summed E-state index contributed by atoms with van der Waals surface area (Å²) in [6, 6.07) is 8.15. The highest BCUT2D eigenvalue weighted by Gasteiger charge is 2.37. The van der Waals surface area contributed by atoms with Crippen molar-refractivity contribution in [1.29, 1.82) is 0 Å². The number of halogens is 1. The van der Waals surface area contributed by atoms with Crippen molar-refractivity contribution in [1.82, 2.24) is 4.90 Å². The molecule has 8 heteroatoms. The molecular weight excluding hydrogens is 434 g/mol. The summed E-state index contributed by atoms with van der Waals surface area (Å²) >= 11 is 6.43. The van der Waals surface area contributed by atoms with Crippen LogP contribution < -0.4 is 19.6 Å². The summed E-state index contributed by atoms with van der Waals surface area (Å²) < 4.78 is 22.9. The number of hydrogen-bond acceptors (Lipinski definition) is 7. The van der Waals surface area contributed by atoms with Crippen molar-refractivity contribution in [2.45, 2.75) is 18.4 Å². The molecule has 0 saturated carbocycles. The van der Waals surface area contributed by atoms with Crippen LogP contribution in [0.3, 0.4) is 0 Å². The maximum atomic E-state index is 13.3. The summed E-state index contributed by atoms with van der Waals surface area (Å²) in [5.41, 5.74) is 1.40. The van der Waals surface area contributed by atoms with Gasteiger partial charge in [-0.05, 0) is 38.2 Å². The van der Waals surface area contributed by atoms with Gasteiger partial charge in [-0.2, -0.15) is 0 Å². The topological polar surface area (TPSA) is 81.4 Å². The Hall–Kier alpha value is -2.74. The number of nitrogens with zero attached hydrogens (tertiary/aromatic N) is 1. The first-order chi connectivity index (χ1) is 15.4. The monoisotopic (exact) mass is 459 g/mol. The smallest absolute Gasteiger partial charge is 0.197 e. The molecule has 1 aromatic heterocycles. The molecule has 0 radical (unpaired) electrons. The maximum absolute atomic E-state index is 13.3. The third-order valence-corrected chi connectivity index (χ3v) is 6.56. The molecule has 3 aromatic rings. The van der Waals surface area contributed by atoms with Crippen molar-refractivity contribution >= 4 is 22.6 Å². The second kappa shape index (κ2) is 9.02. The Morgan fingerprint density at radius 2 is 1.88 bits per heavy atom. The number of rotatable bonds is 6. The second-order valence-electron chi connectivity index (χ2n) is 7.85. The van der Waals surface area contributed by atoms with E-state index >= 15 is 0 Å². The van der Waals surface area contributed by atoms with Crippen LogP contribution in [0.2, 0.25) is 5.02 Å². The Labute approximate surface area is 191 Å². The van der Waals surface area contributed by atoms with Crippen molar-refractivity contribution in [2.24, 2.45) is 0 Å². The molecule has 32 heavy (non-hydrogen) atoms. The first-order valence-corrected chi connectivity index (χ1v) is 10.7. The summed E-state index contributed by atoms with van der Waals surface area (Å²) in [7, 11) is 6.59. The van der Waals surface area contributed by atoms with Gasteiger partial charge in [0.2, 0.25) is 0 Å². The lowest BCUT2D eigenvalue weighted by molar-refractivity contribution is 0.171. The van der Waals surface area contributed by atoms with E-state index in [0.29, 0.717) is 44.6 Å². The SMILES string of the molecule is COc1ccc(Cl)c(-c2cc(=O)c3c(OC)cc(OC)c([C@@H]4CCN(C)[C@H]4CO)c3o2)c1. The zero-order valence-corrected chi connectivity index (χ0v) is 19.2. The average molecular weight is 460 g/mol. The van der Waals surface area contributed by atoms with E-state index in [-0.39, 0.29) is 24.0 Å². The number of likely N-dealkylation sites (tertiary alicyclic amines) is 1. The Balaban J connectivity index is 2.06. The van der Waals surface area contributed by atoms with E-state index in [2.05, 4.69) is 4.90 Å². The Morgan fingerprint density at radius 3 is 2.53 bits per heavy atom. The van der Waals surface area contributed by atoms with Gasteiger partial charge in [0.1, 0.15) is 34.0 Å². The number of aliphatic hydroxyl groups excluding tert-OH is 1. The van der Waals surface area contributed by atoms with E-state index in [0.717, 1.165) is 18.5 Å². The number of aliphatic hydroxyl groups is 1. The highest BCUT2D eigenvalue weighted by Crippen LogP contribution is 2.45. The van der Waals surface area contributed by atoms with Crippen LogP contribution in [0, 0.1) is 0 Å². The van der Waals surface area contributed by atoms with Crippen LogP contribution in [-0.4, -0.2) is 57.6 Å². The van der Waals surface area contributed by atoms with Crippen LogP contribution in [0.5, 0.6) is 17.2 Å². The molecule has 1 saturated heterocycles. The fourth-order valence-electron chi connectivity index (χ4n) is 4.54. The van der Waals surface area contributed by atoms with Gasteiger partial charge in [0.15, 0.2) is 5.43 Å². The van der Waals surface area contributed by atoms with Crippen LogP contribution in [-0.2, 0) is 0 Å². The molecule has 7 nitrogen and oxygen atoms in total. The van der Waals surface area contributed by atoms with Crippen molar-refractivity contribution < 1.29 is 23.7 Å². The summed E-state index contributed by atoms with van der Waals surface area (Å²) in [6.07, 6.45) is 0.785. The number of likely N-dealkylation sites (N-methyl/N-ethyl adjacent to an activating group) is 1. The van der Waals surface area contributed by atoms with Gasteiger partial charge in [0, 0.05) is 35.2 Å². The van der Waals surface area contributed by atoms with Crippen molar-refractivity contribution in [3.8, 4) is 28.6 Å². The molecule has 170 valence electrons. The molecule has 0 unspecified atom stereocenters. The Bertz CT molecular complexity index is 1210. The minimum atomic E-state index is -0.257. The van der Waals surface area contributed by atoms with Gasteiger partial charge in [-0.1, -0.05) is 11.6 Å². The van der Waals surface area contributed by atoms with Crippen molar-refractivity contribution in [3.63, 3.8) is 0 Å². The molecule has 0 amide bonds. The van der Waals surface area contributed by atoms with E-state index in [1.807, 2.05) is 7.05 Å². The zero-order valence-electron chi connectivity index (χ0n) is 18.5. The Kier molecular flexibility index (Phi) is 6.33. The van der Waals surface area contributed by atoms with Crippen molar-refractivity contribution in [3.05, 3.63) is 51.1 Å². The first-order valence-electron chi connectivity index (χ1n) is 10.3. The van der Waals surface area contributed by atoms with E-state index in [1.165, 1.54) is 13.2 Å². The predicted octanol–water partition coefficient (Wildman–Crippen LogP) is 3.92. The molecule has 1 aliphatic rings. The summed E-state index contributed by atoms with van der Waals surface area (Å²) in [5, 5.41) is 10.8. The molecule has 0 bridgehead atoms. The third-order valence-electron chi connectivity index (χ3n) is 6.23. The third kappa shape index (κ3) is 3.70. The van der Waals surface area contributed by atoms with Gasteiger partial charge in [0.05, 0.1) is 33.0 Å². The average Bonchev–Trinajstić information content (AvgIpc) is 3.17. The fraction of sp³-hybridized carbons (Fsp3) is 0.375. The highest BCUT2D eigenvalue weighted by atomic mass is 35.5. The van der Waals surface area contributed by atoms with E-state index in [4.69, 9.17) is 30.2 Å². The van der Waals surface area contributed by atoms with Crippen LogP contribution in [0.15, 0.2) is 39.5 Å². The van der Waals surface area contributed by atoms with Gasteiger partial charge >= 0.3 is 0 Å². The zero-order chi connectivity index (χ0) is 23.0. The molecule has 2 heterocycles. The van der Waals surface area contributed by atoms with E-state index < -0.39 is 0 Å². The quantitative estimate of drug-likeness (QED) is 0.598. The maximum Gasteiger partial charge on any atom is 0.197 e. The van der Waals surface area contributed by atoms with Crippen LogP contribution in [0.25, 0.3) is 22.3 Å². The highest BCUT2D eigenvalue weighted by molar-refractivity contribution is 6.33. The van der Waals surface area contributed by atoms with Crippen LogP contribution in [0.4, 0.5) is 0 Å². The Morgan fingerprint density at radius 1 is 1.12 bits per heavy atom. The lowest BCUT2D eigenvalue weighted by atomic mass is 9.89. The minimum absolute atomic E-state index is 0.0243. The number of benzene rings is 2. The number of fused-ring (bicyclic) bond motifs is 1. The van der Waals surface area contributed by atoms with E-state index in [1.54, 1.807) is 38.5 Å².